The first-order valence-corrected chi connectivity index (χ1v) is 8.69. The van der Waals surface area contributed by atoms with E-state index < -0.39 is 23.2 Å². The number of amides is 1. The Morgan fingerprint density at radius 3 is 2.33 bits per heavy atom. The predicted molar refractivity (Wildman–Crippen MR) is 98.1 cm³/mol. The van der Waals surface area contributed by atoms with Crippen LogP contribution in [-0.4, -0.2) is 34.5 Å². The third-order valence-electron chi connectivity index (χ3n) is 3.46. The molecule has 1 amide bonds. The van der Waals surface area contributed by atoms with E-state index in [2.05, 4.69) is 10.6 Å². The zero-order valence-electron chi connectivity index (χ0n) is 14.7. The number of halogens is 2. The largest absolute Gasteiger partial charge is 0.484 e. The fourth-order valence-corrected chi connectivity index (χ4v) is 2.13. The van der Waals surface area contributed by atoms with Crippen LogP contribution in [0.2, 0.25) is 0 Å². The van der Waals surface area contributed by atoms with Gasteiger partial charge < -0.3 is 15.4 Å². The number of carbonyl (C=O) groups excluding carboxylic acids is 1. The van der Waals surface area contributed by atoms with Crippen LogP contribution in [0, 0.1) is 11.6 Å². The molecule has 0 atom stereocenters. The van der Waals surface area contributed by atoms with E-state index in [0.717, 1.165) is 11.8 Å². The van der Waals surface area contributed by atoms with Crippen molar-refractivity contribution in [3.8, 4) is 5.75 Å². The Morgan fingerprint density at radius 2 is 1.74 bits per heavy atom. The number of carbonyl (C=O) groups is 1. The summed E-state index contributed by atoms with van der Waals surface area (Å²) in [6.45, 7) is 0.379. The zero-order valence-corrected chi connectivity index (χ0v) is 15.5. The maximum Gasteiger partial charge on any atom is 0.335 e. The molecule has 0 saturated heterocycles. The lowest BCUT2D eigenvalue weighted by molar-refractivity contribution is -0.123. The van der Waals surface area contributed by atoms with Gasteiger partial charge in [-0.1, -0.05) is 6.07 Å². The number of benzene rings is 2. The molecule has 0 bridgehead atoms. The number of anilines is 1. The summed E-state index contributed by atoms with van der Waals surface area (Å²) < 4.78 is 47.8. The monoisotopic (exact) mass is 398 g/mol. The fourth-order valence-electron chi connectivity index (χ4n) is 2.13. The molecule has 6 nitrogen and oxygen atoms in total. The Hall–Kier alpha value is -2.81. The smallest absolute Gasteiger partial charge is 0.335 e. The van der Waals surface area contributed by atoms with E-state index in [-0.39, 0.29) is 12.5 Å². The Balaban J connectivity index is 0.00000114. The summed E-state index contributed by atoms with van der Waals surface area (Å²) in [6, 6.07) is 11.1. The summed E-state index contributed by atoms with van der Waals surface area (Å²) in [5.41, 5.74) is 1.66. The van der Waals surface area contributed by atoms with Gasteiger partial charge >= 0.3 is 11.6 Å². The van der Waals surface area contributed by atoms with Crippen molar-refractivity contribution in [1.29, 1.82) is 0 Å². The summed E-state index contributed by atoms with van der Waals surface area (Å²) in [6.07, 6.45) is 1.19. The van der Waals surface area contributed by atoms with Gasteiger partial charge in [0.2, 0.25) is 0 Å². The quantitative estimate of drug-likeness (QED) is 0.668. The van der Waals surface area contributed by atoms with Gasteiger partial charge in [-0.3, -0.25) is 4.79 Å². The first kappa shape index (κ1) is 22.2. The van der Waals surface area contributed by atoms with E-state index in [4.69, 9.17) is 13.2 Å². The van der Waals surface area contributed by atoms with E-state index in [9.17, 15) is 13.6 Å². The van der Waals surface area contributed by atoms with Crippen molar-refractivity contribution >= 4 is 23.2 Å². The molecule has 0 aliphatic heterocycles. The van der Waals surface area contributed by atoms with E-state index in [1.807, 2.05) is 19.2 Å². The average molecular weight is 398 g/mol. The molecule has 0 heterocycles. The van der Waals surface area contributed by atoms with E-state index in [1.165, 1.54) is 12.1 Å². The van der Waals surface area contributed by atoms with Crippen molar-refractivity contribution in [1.82, 2.24) is 5.32 Å². The van der Waals surface area contributed by atoms with Crippen LogP contribution < -0.4 is 15.4 Å². The molecule has 0 aromatic heterocycles. The van der Waals surface area contributed by atoms with Crippen LogP contribution in [0.5, 0.6) is 5.75 Å². The molecule has 2 aromatic carbocycles. The minimum absolute atomic E-state index is 0.0654. The van der Waals surface area contributed by atoms with Gasteiger partial charge in [0, 0.05) is 19.3 Å². The molecule has 0 aliphatic rings. The summed E-state index contributed by atoms with van der Waals surface area (Å²) in [5, 5.41) is 5.72. The molecule has 2 N–H and O–H groups in total. The van der Waals surface area contributed by atoms with Gasteiger partial charge in [-0.25, -0.2) is 8.78 Å². The van der Waals surface area contributed by atoms with Crippen LogP contribution in [0.4, 0.5) is 14.5 Å². The Labute approximate surface area is 159 Å². The van der Waals surface area contributed by atoms with Crippen molar-refractivity contribution in [2.24, 2.45) is 0 Å². The molecule has 0 unspecified atom stereocenters. The lowest BCUT2D eigenvalue weighted by Gasteiger charge is -2.08. The highest BCUT2D eigenvalue weighted by Gasteiger charge is 2.04. The molecule has 2 aromatic rings. The van der Waals surface area contributed by atoms with Gasteiger partial charge in [0.15, 0.2) is 18.2 Å². The number of hydrogen-bond acceptors (Lipinski definition) is 5. The number of aryl methyl sites for hydroxylation is 1. The predicted octanol–water partition coefficient (Wildman–Crippen LogP) is 2.46. The summed E-state index contributed by atoms with van der Waals surface area (Å²) in [4.78, 5) is 11.7. The highest BCUT2D eigenvalue weighted by molar-refractivity contribution is 7.51. The van der Waals surface area contributed by atoms with Gasteiger partial charge in [0.25, 0.3) is 5.91 Å². The standard InChI is InChI=1S/C18H20F2N2O2.O2S/c1-21-14-5-7-15(8-6-14)24-12-18(23)22-10-2-3-13-4-9-16(19)17(20)11-13;1-3-2/h4-9,11,21H,2-3,10,12H2,1H3,(H,22,23);. The van der Waals surface area contributed by atoms with Crippen LogP contribution in [0.25, 0.3) is 0 Å². The van der Waals surface area contributed by atoms with Crippen molar-refractivity contribution in [2.45, 2.75) is 12.8 Å². The van der Waals surface area contributed by atoms with Crippen molar-refractivity contribution < 1.29 is 26.7 Å². The van der Waals surface area contributed by atoms with Crippen LogP contribution in [0.3, 0.4) is 0 Å². The molecule has 0 fully saturated rings. The lowest BCUT2D eigenvalue weighted by Crippen LogP contribution is -2.29. The Bertz CT molecular complexity index is 766. The van der Waals surface area contributed by atoms with E-state index in [1.54, 1.807) is 12.1 Å². The number of hydrogen-bond donors (Lipinski definition) is 2. The SMILES string of the molecule is CNc1ccc(OCC(=O)NCCCc2ccc(F)c(F)c2)cc1.O=S=O. The highest BCUT2D eigenvalue weighted by atomic mass is 32.1. The lowest BCUT2D eigenvalue weighted by atomic mass is 10.1. The van der Waals surface area contributed by atoms with Gasteiger partial charge in [-0.2, -0.15) is 8.42 Å². The molecular weight excluding hydrogens is 378 g/mol. The van der Waals surface area contributed by atoms with Gasteiger partial charge in [0.1, 0.15) is 5.75 Å². The second kappa shape index (κ2) is 12.5. The Kier molecular flexibility index (Phi) is 10.3. The van der Waals surface area contributed by atoms with Gasteiger partial charge in [-0.05, 0) is 54.8 Å². The Morgan fingerprint density at radius 1 is 1.07 bits per heavy atom. The van der Waals surface area contributed by atoms with Crippen LogP contribution in [0.15, 0.2) is 42.5 Å². The molecule has 0 aliphatic carbocycles. The van der Waals surface area contributed by atoms with Gasteiger partial charge in [-0.15, -0.1) is 0 Å². The van der Waals surface area contributed by atoms with Crippen molar-refractivity contribution in [3.63, 3.8) is 0 Å². The second-order valence-electron chi connectivity index (χ2n) is 5.33. The molecule has 9 heteroatoms. The first-order valence-electron chi connectivity index (χ1n) is 8.03. The summed E-state index contributed by atoms with van der Waals surface area (Å²) in [5.74, 6) is -1.31. The molecular formula is C18H20F2N2O4S. The fraction of sp³-hybridized carbons (Fsp3) is 0.278. The van der Waals surface area contributed by atoms with Crippen LogP contribution >= 0.6 is 0 Å². The van der Waals surface area contributed by atoms with Crippen LogP contribution in [0.1, 0.15) is 12.0 Å². The first-order chi connectivity index (χ1) is 13.0. The molecule has 0 spiro atoms. The molecule has 0 saturated carbocycles. The van der Waals surface area contributed by atoms with E-state index in [0.29, 0.717) is 30.7 Å². The molecule has 146 valence electrons. The third-order valence-corrected chi connectivity index (χ3v) is 3.46. The van der Waals surface area contributed by atoms with E-state index >= 15 is 0 Å². The molecule has 27 heavy (non-hydrogen) atoms. The minimum atomic E-state index is -0.855. The number of ether oxygens (including phenoxy) is 1. The topological polar surface area (TPSA) is 84.5 Å². The maximum atomic E-state index is 13.1. The summed E-state index contributed by atoms with van der Waals surface area (Å²) >= 11 is -0.750. The van der Waals surface area contributed by atoms with Crippen LogP contribution in [-0.2, 0) is 22.8 Å². The summed E-state index contributed by atoms with van der Waals surface area (Å²) in [7, 11) is 1.82. The van der Waals surface area contributed by atoms with Gasteiger partial charge in [0.05, 0.1) is 0 Å². The highest BCUT2D eigenvalue weighted by Crippen LogP contribution is 2.14. The maximum absolute atomic E-state index is 13.1. The van der Waals surface area contributed by atoms with Crippen molar-refractivity contribution in [2.75, 3.05) is 25.5 Å². The normalized spacial score (nSPS) is 9.59. The van der Waals surface area contributed by atoms with Crippen molar-refractivity contribution in [3.05, 3.63) is 59.7 Å². The number of nitrogens with one attached hydrogen (secondary N) is 2. The average Bonchev–Trinajstić information content (AvgIpc) is 2.67. The number of rotatable bonds is 8. The molecule has 0 radical (unpaired) electrons. The minimum Gasteiger partial charge on any atom is -0.484 e. The second-order valence-corrected chi connectivity index (χ2v) is 5.47. The molecule has 2 rings (SSSR count). The third kappa shape index (κ3) is 8.91. The zero-order chi connectivity index (χ0) is 20.1.